The molecule has 0 radical (unpaired) electrons. The molecule has 0 atom stereocenters. The summed E-state index contributed by atoms with van der Waals surface area (Å²) in [6.45, 7) is 2.73. The first-order chi connectivity index (χ1) is 10.7. The minimum absolute atomic E-state index is 0.105. The van der Waals surface area contributed by atoms with Gasteiger partial charge in [0.25, 0.3) is 5.91 Å². The fourth-order valence-electron chi connectivity index (χ4n) is 1.67. The van der Waals surface area contributed by atoms with Crippen LogP contribution in [-0.4, -0.2) is 31.9 Å². The van der Waals surface area contributed by atoms with E-state index in [-0.39, 0.29) is 12.5 Å². The van der Waals surface area contributed by atoms with Gasteiger partial charge in [-0.1, -0.05) is 23.4 Å². The Morgan fingerprint density at radius 1 is 1.36 bits per heavy atom. The number of rotatable bonds is 8. The lowest BCUT2D eigenvalue weighted by Gasteiger charge is -2.07. The molecule has 0 spiro atoms. The Balaban J connectivity index is 1.56. The Bertz CT molecular complexity index is 612. The van der Waals surface area contributed by atoms with Crippen molar-refractivity contribution in [3.8, 4) is 5.75 Å². The molecule has 0 aliphatic rings. The molecule has 1 aromatic heterocycles. The maximum atomic E-state index is 11.5. The minimum atomic E-state index is -0.226. The van der Waals surface area contributed by atoms with Gasteiger partial charge >= 0.3 is 0 Å². The largest absolute Gasteiger partial charge is 0.492 e. The first kappa shape index (κ1) is 16.0. The lowest BCUT2D eigenvalue weighted by molar-refractivity contribution is -0.125. The van der Waals surface area contributed by atoms with Gasteiger partial charge in [-0.2, -0.15) is 0 Å². The highest BCUT2D eigenvalue weighted by atomic mass is 32.1. The predicted molar refractivity (Wildman–Crippen MR) is 87.5 cm³/mol. The lowest BCUT2D eigenvalue weighted by atomic mass is 10.2. The van der Waals surface area contributed by atoms with E-state index in [2.05, 4.69) is 10.5 Å². The van der Waals surface area contributed by atoms with Crippen LogP contribution in [-0.2, 0) is 9.63 Å². The minimum Gasteiger partial charge on any atom is -0.492 e. The van der Waals surface area contributed by atoms with Crippen LogP contribution >= 0.6 is 11.3 Å². The number of amides is 1. The van der Waals surface area contributed by atoms with Crippen molar-refractivity contribution in [3.05, 3.63) is 52.2 Å². The SMILES string of the molecule is Cc1cccc(OCCNC(=O)CON=Cc2cccs2)c1. The van der Waals surface area contributed by atoms with E-state index in [4.69, 9.17) is 9.57 Å². The summed E-state index contributed by atoms with van der Waals surface area (Å²) in [5.74, 6) is 0.571. The summed E-state index contributed by atoms with van der Waals surface area (Å²) in [6, 6.07) is 11.6. The second-order valence-corrected chi connectivity index (χ2v) is 5.52. The third-order valence-electron chi connectivity index (χ3n) is 2.68. The molecule has 1 N–H and O–H groups in total. The van der Waals surface area contributed by atoms with Crippen LogP contribution < -0.4 is 10.1 Å². The Kier molecular flexibility index (Phi) is 6.44. The number of nitrogens with one attached hydrogen (secondary N) is 1. The van der Waals surface area contributed by atoms with Gasteiger partial charge in [0.05, 0.1) is 12.8 Å². The van der Waals surface area contributed by atoms with Crippen LogP contribution in [0, 0.1) is 6.92 Å². The van der Waals surface area contributed by atoms with Crippen LogP contribution in [0.15, 0.2) is 46.9 Å². The van der Waals surface area contributed by atoms with Crippen molar-refractivity contribution in [3.63, 3.8) is 0 Å². The number of carbonyl (C=O) groups is 1. The van der Waals surface area contributed by atoms with Gasteiger partial charge in [-0.3, -0.25) is 4.79 Å². The van der Waals surface area contributed by atoms with E-state index >= 15 is 0 Å². The summed E-state index contributed by atoms with van der Waals surface area (Å²) in [4.78, 5) is 17.4. The van der Waals surface area contributed by atoms with Gasteiger partial charge < -0.3 is 14.9 Å². The quantitative estimate of drug-likeness (QED) is 0.462. The van der Waals surface area contributed by atoms with Gasteiger partial charge in [0.1, 0.15) is 12.4 Å². The Hall–Kier alpha value is -2.34. The van der Waals surface area contributed by atoms with Crippen molar-refractivity contribution in [2.75, 3.05) is 19.8 Å². The van der Waals surface area contributed by atoms with Crippen LogP contribution in [0.25, 0.3) is 0 Å². The van der Waals surface area contributed by atoms with Crippen LogP contribution in [0.4, 0.5) is 0 Å². The number of oxime groups is 1. The zero-order chi connectivity index (χ0) is 15.6. The number of thiophene rings is 1. The Morgan fingerprint density at radius 2 is 2.27 bits per heavy atom. The molecule has 1 heterocycles. The number of ether oxygens (including phenoxy) is 1. The monoisotopic (exact) mass is 318 g/mol. The lowest BCUT2D eigenvalue weighted by Crippen LogP contribution is -2.30. The Labute approximate surface area is 133 Å². The number of hydrogen-bond acceptors (Lipinski definition) is 5. The third kappa shape index (κ3) is 5.97. The summed E-state index contributed by atoms with van der Waals surface area (Å²) in [7, 11) is 0. The molecule has 0 saturated heterocycles. The van der Waals surface area contributed by atoms with Crippen molar-refractivity contribution in [2.24, 2.45) is 5.16 Å². The summed E-state index contributed by atoms with van der Waals surface area (Å²) < 4.78 is 5.53. The highest BCUT2D eigenvalue weighted by molar-refractivity contribution is 7.11. The third-order valence-corrected chi connectivity index (χ3v) is 3.48. The maximum Gasteiger partial charge on any atom is 0.260 e. The number of aryl methyl sites for hydroxylation is 1. The topological polar surface area (TPSA) is 59.9 Å². The molecule has 1 amide bonds. The summed E-state index contributed by atoms with van der Waals surface area (Å²) in [6.07, 6.45) is 1.58. The summed E-state index contributed by atoms with van der Waals surface area (Å²) in [5, 5.41) is 8.38. The smallest absolute Gasteiger partial charge is 0.260 e. The van der Waals surface area contributed by atoms with Crippen LogP contribution in [0.2, 0.25) is 0 Å². The van der Waals surface area contributed by atoms with Crippen LogP contribution in [0.5, 0.6) is 5.75 Å². The molecular weight excluding hydrogens is 300 g/mol. The zero-order valence-electron chi connectivity index (χ0n) is 12.3. The summed E-state index contributed by atoms with van der Waals surface area (Å²) >= 11 is 1.55. The molecule has 22 heavy (non-hydrogen) atoms. The molecule has 0 fully saturated rings. The van der Waals surface area contributed by atoms with Crippen LogP contribution in [0.3, 0.4) is 0 Å². The summed E-state index contributed by atoms with van der Waals surface area (Å²) in [5.41, 5.74) is 1.14. The maximum absolute atomic E-state index is 11.5. The van der Waals surface area contributed by atoms with E-state index in [0.29, 0.717) is 13.2 Å². The van der Waals surface area contributed by atoms with Crippen molar-refractivity contribution in [1.82, 2.24) is 5.32 Å². The highest BCUT2D eigenvalue weighted by Gasteiger charge is 2.01. The average molecular weight is 318 g/mol. The molecule has 0 aliphatic heterocycles. The van der Waals surface area contributed by atoms with Gasteiger partial charge in [-0.15, -0.1) is 11.3 Å². The fourth-order valence-corrected chi connectivity index (χ4v) is 2.24. The van der Waals surface area contributed by atoms with E-state index in [1.807, 2.05) is 48.7 Å². The molecule has 0 unspecified atom stereocenters. The first-order valence-electron chi connectivity index (χ1n) is 6.89. The van der Waals surface area contributed by atoms with Gasteiger partial charge in [0.2, 0.25) is 0 Å². The molecule has 116 valence electrons. The molecular formula is C16H18N2O3S. The standard InChI is InChI=1S/C16H18N2O3S/c1-13-4-2-5-14(10-13)20-8-7-17-16(19)12-21-18-11-15-6-3-9-22-15/h2-6,9-11H,7-8,12H2,1H3,(H,17,19). The van der Waals surface area contributed by atoms with E-state index in [9.17, 15) is 4.79 Å². The second kappa shape index (κ2) is 8.84. The molecule has 0 bridgehead atoms. The average Bonchev–Trinajstić information content (AvgIpc) is 3.02. The second-order valence-electron chi connectivity index (χ2n) is 4.54. The molecule has 1 aromatic carbocycles. The molecule has 2 aromatic rings. The van der Waals surface area contributed by atoms with Gasteiger partial charge in [0, 0.05) is 4.88 Å². The van der Waals surface area contributed by atoms with E-state index < -0.39 is 0 Å². The zero-order valence-corrected chi connectivity index (χ0v) is 13.1. The van der Waals surface area contributed by atoms with Crippen molar-refractivity contribution in [1.29, 1.82) is 0 Å². The van der Waals surface area contributed by atoms with E-state index in [1.54, 1.807) is 17.6 Å². The van der Waals surface area contributed by atoms with Crippen molar-refractivity contribution in [2.45, 2.75) is 6.92 Å². The number of benzene rings is 1. The fraction of sp³-hybridized carbons (Fsp3) is 0.250. The normalized spacial score (nSPS) is 10.6. The first-order valence-corrected chi connectivity index (χ1v) is 7.77. The van der Waals surface area contributed by atoms with E-state index in [1.165, 1.54) is 0 Å². The molecule has 5 nitrogen and oxygen atoms in total. The van der Waals surface area contributed by atoms with Gasteiger partial charge in [-0.25, -0.2) is 0 Å². The van der Waals surface area contributed by atoms with Gasteiger partial charge in [-0.05, 0) is 36.1 Å². The molecule has 0 saturated carbocycles. The predicted octanol–water partition coefficient (Wildman–Crippen LogP) is 2.60. The Morgan fingerprint density at radius 3 is 3.05 bits per heavy atom. The molecule has 6 heteroatoms. The van der Waals surface area contributed by atoms with Crippen molar-refractivity contribution < 1.29 is 14.4 Å². The molecule has 2 rings (SSSR count). The number of carbonyl (C=O) groups excluding carboxylic acids is 1. The van der Waals surface area contributed by atoms with Crippen molar-refractivity contribution >= 4 is 23.5 Å². The van der Waals surface area contributed by atoms with Gasteiger partial charge in [0.15, 0.2) is 6.61 Å². The van der Waals surface area contributed by atoms with E-state index in [0.717, 1.165) is 16.2 Å². The highest BCUT2D eigenvalue weighted by Crippen LogP contribution is 2.11. The van der Waals surface area contributed by atoms with Crippen LogP contribution in [0.1, 0.15) is 10.4 Å². The molecule has 0 aliphatic carbocycles. The number of nitrogens with zero attached hydrogens (tertiary/aromatic N) is 1. The number of hydrogen-bond donors (Lipinski definition) is 1.